The monoisotopic (exact) mass is 1480 g/mol. The molecule has 104 heavy (non-hydrogen) atoms. The summed E-state index contributed by atoms with van der Waals surface area (Å²) in [6.07, 6.45) is -12.4. The van der Waals surface area contributed by atoms with Crippen LogP contribution in [0.2, 0.25) is 10.0 Å². The third-order valence-corrected chi connectivity index (χ3v) is 18.4. The molecule has 0 saturated carbocycles. The largest absolute Gasteiger partial charge is 0.489 e. The first-order valence-electron chi connectivity index (χ1n) is 33.2. The number of nitrogens with one attached hydrogen (secondary N) is 5. The standard InChI is InChI=1S/C74H82Cl2N6O22/c1-10-19-98-51-16-13-38-25-44(51)58-45(23-35(6)24-54(58)99-20-11-2)59(36(7)84)78-72(96)62-64(89)40-15-18-53(47(76)27-40)102-56-30-41-29-55(68(56)104-73-67(92)66(91)65(90)57(33-83)103-73)101-52-17-14-39(26-46(52)75)63(88)61(80-71(95)48(22-34(4)5)82(9)74(97)100-21-12-3)49(86)28-42(32-77-37(8)85)69(93)79-60(41)50(87)31-43(38)70(94)81-62/h10-18,23-27,29-30,34,42-43,48,57,59-67,73,83,88-92H,1-3,19-22,28,31-33H2,4-9H3,(H,77,85)(H,78,96)(H,79,93)(H,80,95)(H,81,94)/t42-,43+,48+,57?,59+,60+,61-,62+,63+,64+,65?,66?,67?,73?/m0/s1. The second kappa shape index (κ2) is 34.2. The molecule has 0 radical (unpaired) electrons. The van der Waals surface area contributed by atoms with E-state index in [1.165, 1.54) is 86.8 Å². The number of aliphatic hydroxyl groups excluding tert-OH is 6. The zero-order valence-electron chi connectivity index (χ0n) is 57.6. The van der Waals surface area contributed by atoms with E-state index in [9.17, 15) is 49.8 Å². The number of carbonyl (C=O) groups is 9. The van der Waals surface area contributed by atoms with Crippen LogP contribution in [0.5, 0.6) is 40.2 Å². The van der Waals surface area contributed by atoms with Gasteiger partial charge in [-0.3, -0.25) is 43.3 Å². The molecule has 30 heteroatoms. The number of fused-ring (bicyclic) bond motifs is 15. The number of ether oxygens (including phenoxy) is 7. The number of aliphatic hydroxyl groups is 6. The van der Waals surface area contributed by atoms with Crippen molar-refractivity contribution in [2.45, 2.75) is 133 Å². The number of rotatable bonds is 19. The molecule has 554 valence electrons. The molecule has 14 atom stereocenters. The van der Waals surface area contributed by atoms with Crippen LogP contribution in [0.25, 0.3) is 11.1 Å². The van der Waals surface area contributed by atoms with Gasteiger partial charge in [0, 0.05) is 44.5 Å². The Balaban J connectivity index is 1.33. The Kier molecular flexibility index (Phi) is 25.8. The van der Waals surface area contributed by atoms with E-state index >= 15 is 24.0 Å². The van der Waals surface area contributed by atoms with Gasteiger partial charge in [0.15, 0.2) is 28.8 Å². The second-order valence-corrected chi connectivity index (χ2v) is 26.7. The first kappa shape index (κ1) is 78.4. The summed E-state index contributed by atoms with van der Waals surface area (Å²) < 4.78 is 43.2. The Morgan fingerprint density at radius 3 is 1.89 bits per heavy atom. The summed E-state index contributed by atoms with van der Waals surface area (Å²) in [4.78, 5) is 135. The zero-order valence-corrected chi connectivity index (χ0v) is 59.1. The summed E-state index contributed by atoms with van der Waals surface area (Å²) in [6, 6.07) is 8.32. The van der Waals surface area contributed by atoms with Crippen molar-refractivity contribution in [3.05, 3.63) is 160 Å². The Morgan fingerprint density at radius 1 is 0.692 bits per heavy atom. The van der Waals surface area contributed by atoms with Crippen molar-refractivity contribution in [3.63, 3.8) is 0 Å². The van der Waals surface area contributed by atoms with Gasteiger partial charge < -0.3 is 90.4 Å². The van der Waals surface area contributed by atoms with Gasteiger partial charge in [-0.1, -0.05) is 99.3 Å². The summed E-state index contributed by atoms with van der Waals surface area (Å²) in [6.45, 7) is 16.8. The SMILES string of the molecule is C=CCOC(=O)N(C)[C@H](CC(C)C)C(=O)N[C@H]1C(=O)C[C@@H](CNC(C)=O)C(=O)N[C@H]2C(=O)C[C@H]3C(=O)N[C@@H](C(=O)N[C@H](C(C)=O)c4cc(C)cc(OCC=C)c4-c4cc3ccc4OCC=C)[C@H](O)c3ccc(c(Cl)c3)Oc3cc2cc(c3OC2OC(CO)C(O)C(O)C2O)Oc2ccc(cc2Cl)[C@H]1O. The highest BCUT2D eigenvalue weighted by atomic mass is 35.5. The predicted molar refractivity (Wildman–Crippen MR) is 375 cm³/mol. The molecular weight excluding hydrogens is 1400 g/mol. The number of hydrogen-bond acceptors (Lipinski definition) is 22. The van der Waals surface area contributed by atoms with Gasteiger partial charge in [-0.05, 0) is 114 Å². The fraction of sp³-hybridized carbons (Fsp3) is 0.392. The van der Waals surface area contributed by atoms with Gasteiger partial charge in [0.25, 0.3) is 0 Å². The molecule has 0 spiro atoms. The van der Waals surface area contributed by atoms with Crippen molar-refractivity contribution >= 4 is 76.2 Å². The van der Waals surface area contributed by atoms with Gasteiger partial charge in [0.05, 0.1) is 28.5 Å². The third kappa shape index (κ3) is 17.7. The molecule has 1 saturated heterocycles. The molecule has 6 heterocycles. The molecule has 5 aromatic rings. The first-order chi connectivity index (χ1) is 49.5. The minimum absolute atomic E-state index is 0.00407. The molecule has 0 aliphatic carbocycles. The molecule has 11 rings (SSSR count). The molecule has 11 N–H and O–H groups in total. The average Bonchev–Trinajstić information content (AvgIpc) is 0.765. The zero-order chi connectivity index (χ0) is 75.7. The lowest BCUT2D eigenvalue weighted by molar-refractivity contribution is -0.277. The summed E-state index contributed by atoms with van der Waals surface area (Å²) in [5.74, 6) is -13.5. The van der Waals surface area contributed by atoms with Gasteiger partial charge in [-0.2, -0.15) is 0 Å². The Hall–Kier alpha value is -9.75. The molecular formula is C74H82Cl2N6O22. The number of carbonyl (C=O) groups excluding carboxylic acids is 9. The van der Waals surface area contributed by atoms with Crippen LogP contribution in [0.4, 0.5) is 4.79 Å². The number of amides is 6. The van der Waals surface area contributed by atoms with Crippen LogP contribution in [0.3, 0.4) is 0 Å². The van der Waals surface area contributed by atoms with E-state index in [1.807, 2.05) is 0 Å². The highest BCUT2D eigenvalue weighted by molar-refractivity contribution is 6.32. The fourth-order valence-electron chi connectivity index (χ4n) is 12.5. The highest BCUT2D eigenvalue weighted by Gasteiger charge is 2.47. The number of ketones is 3. The molecule has 6 aliphatic heterocycles. The van der Waals surface area contributed by atoms with Crippen LogP contribution in [0, 0.1) is 18.8 Å². The van der Waals surface area contributed by atoms with Crippen molar-refractivity contribution in [1.29, 1.82) is 0 Å². The maximum atomic E-state index is 16.4. The minimum atomic E-state index is -2.12. The summed E-state index contributed by atoms with van der Waals surface area (Å²) in [5, 5.41) is 81.5. The lowest BCUT2D eigenvalue weighted by atomic mass is 9.84. The molecule has 1 fully saturated rings. The van der Waals surface area contributed by atoms with E-state index in [-0.39, 0.29) is 104 Å². The quantitative estimate of drug-likeness (QED) is 0.0424. The molecule has 5 unspecified atom stereocenters. The van der Waals surface area contributed by atoms with E-state index in [1.54, 1.807) is 32.9 Å². The Labute approximate surface area is 608 Å². The number of aryl methyl sites for hydroxylation is 1. The molecule has 6 amide bonds. The van der Waals surface area contributed by atoms with Crippen LogP contribution in [-0.4, -0.2) is 177 Å². The van der Waals surface area contributed by atoms with E-state index in [4.69, 9.17) is 56.4 Å². The van der Waals surface area contributed by atoms with Gasteiger partial charge in [0.1, 0.15) is 110 Å². The first-order valence-corrected chi connectivity index (χ1v) is 34.0. The third-order valence-electron chi connectivity index (χ3n) is 17.8. The van der Waals surface area contributed by atoms with Crippen molar-refractivity contribution in [2.75, 3.05) is 40.0 Å². The van der Waals surface area contributed by atoms with Crippen LogP contribution in [0.1, 0.15) is 111 Å². The molecule has 11 bridgehead atoms. The summed E-state index contributed by atoms with van der Waals surface area (Å²) >= 11 is 14.2. The van der Waals surface area contributed by atoms with Crippen molar-refractivity contribution in [1.82, 2.24) is 31.5 Å². The van der Waals surface area contributed by atoms with E-state index < -0.39 is 181 Å². The number of likely N-dealkylation sites (N-methyl/N-ethyl adjacent to an activating group) is 1. The topological polar surface area (TPSA) is 403 Å². The summed E-state index contributed by atoms with van der Waals surface area (Å²) in [5.41, 5.74) is 0.525. The fourth-order valence-corrected chi connectivity index (χ4v) is 12.9. The van der Waals surface area contributed by atoms with E-state index in [0.29, 0.717) is 5.56 Å². The maximum Gasteiger partial charge on any atom is 0.410 e. The van der Waals surface area contributed by atoms with Crippen LogP contribution in [0.15, 0.2) is 117 Å². The molecule has 5 aromatic carbocycles. The van der Waals surface area contributed by atoms with Crippen LogP contribution < -0.4 is 50.3 Å². The van der Waals surface area contributed by atoms with Crippen molar-refractivity contribution in [3.8, 4) is 51.4 Å². The smallest absolute Gasteiger partial charge is 0.410 e. The Bertz CT molecular complexity index is 4170. The van der Waals surface area contributed by atoms with E-state index in [2.05, 4.69) is 46.3 Å². The van der Waals surface area contributed by atoms with E-state index in [0.717, 1.165) is 24.0 Å². The van der Waals surface area contributed by atoms with Crippen LogP contribution in [-0.2, 0) is 47.8 Å². The minimum Gasteiger partial charge on any atom is -0.489 e. The number of Topliss-reactive ketones (excluding diaryl/α,β-unsaturated/α-hetero) is 3. The number of halogens is 2. The lowest BCUT2D eigenvalue weighted by Gasteiger charge is -2.39. The predicted octanol–water partition coefficient (Wildman–Crippen LogP) is 5.97. The Morgan fingerprint density at radius 2 is 1.31 bits per heavy atom. The average molecular weight is 1480 g/mol. The second-order valence-electron chi connectivity index (χ2n) is 25.9. The maximum absolute atomic E-state index is 16.4. The lowest BCUT2D eigenvalue weighted by Crippen LogP contribution is -2.60. The van der Waals surface area contributed by atoms with Crippen molar-refractivity contribution in [2.24, 2.45) is 11.8 Å². The highest BCUT2D eigenvalue weighted by Crippen LogP contribution is 2.50. The normalized spacial score (nSPS) is 24.3. The van der Waals surface area contributed by atoms with Gasteiger partial charge >= 0.3 is 6.09 Å². The van der Waals surface area contributed by atoms with Gasteiger partial charge in [-0.25, -0.2) is 4.79 Å². The molecule has 28 nitrogen and oxygen atoms in total. The van der Waals surface area contributed by atoms with Gasteiger partial charge in [0.2, 0.25) is 41.6 Å². The number of nitrogens with zero attached hydrogens (tertiary/aromatic N) is 1. The summed E-state index contributed by atoms with van der Waals surface area (Å²) in [7, 11) is 1.29. The van der Waals surface area contributed by atoms with Crippen molar-refractivity contribution < 1.29 is 107 Å². The molecule has 6 aliphatic rings. The van der Waals surface area contributed by atoms with Gasteiger partial charge in [-0.15, -0.1) is 0 Å². The van der Waals surface area contributed by atoms with Crippen LogP contribution >= 0.6 is 23.2 Å². The number of benzene rings is 5. The number of hydrogen-bond donors (Lipinski definition) is 11. The molecule has 0 aromatic heterocycles.